The van der Waals surface area contributed by atoms with Crippen molar-refractivity contribution in [2.45, 2.75) is 58.7 Å². The van der Waals surface area contributed by atoms with Gasteiger partial charge in [0, 0.05) is 6.42 Å². The largest absolute Gasteiger partial charge is 0.480 e. The molecule has 2 aromatic carbocycles. The molecule has 0 fully saturated rings. The first-order valence-electron chi connectivity index (χ1n) is 12.1. The number of carbonyl (C=O) groups is 4. The van der Waals surface area contributed by atoms with E-state index in [-0.39, 0.29) is 24.2 Å². The van der Waals surface area contributed by atoms with E-state index < -0.39 is 36.0 Å². The van der Waals surface area contributed by atoms with Gasteiger partial charge in [-0.15, -0.1) is 0 Å². The number of aliphatic carboxylic acids is 1. The van der Waals surface area contributed by atoms with Gasteiger partial charge in [0.1, 0.15) is 18.1 Å². The smallest absolute Gasteiger partial charge is 0.326 e. The van der Waals surface area contributed by atoms with E-state index in [9.17, 15) is 24.3 Å². The first kappa shape index (κ1) is 26.7. The zero-order chi connectivity index (χ0) is 26.4. The van der Waals surface area contributed by atoms with Crippen molar-refractivity contribution >= 4 is 35.2 Å². The molecule has 192 valence electrons. The van der Waals surface area contributed by atoms with Gasteiger partial charge in [0.05, 0.1) is 11.4 Å². The van der Waals surface area contributed by atoms with Gasteiger partial charge < -0.3 is 21.1 Å². The van der Waals surface area contributed by atoms with Crippen LogP contribution in [0.15, 0.2) is 54.6 Å². The molecule has 1 aliphatic heterocycles. The summed E-state index contributed by atoms with van der Waals surface area (Å²) in [4.78, 5) is 52.9. The fourth-order valence-corrected chi connectivity index (χ4v) is 4.34. The first-order valence-corrected chi connectivity index (χ1v) is 12.1. The van der Waals surface area contributed by atoms with Crippen molar-refractivity contribution in [3.8, 4) is 0 Å². The Kier molecular flexibility index (Phi) is 8.68. The van der Waals surface area contributed by atoms with Gasteiger partial charge in [0.15, 0.2) is 0 Å². The van der Waals surface area contributed by atoms with Crippen molar-refractivity contribution in [3.63, 3.8) is 0 Å². The minimum Gasteiger partial charge on any atom is -0.480 e. The number of hydrogen-bond acceptors (Lipinski definition) is 4. The Balaban J connectivity index is 1.84. The molecule has 9 heteroatoms. The SMILES string of the molecule is CC(C)C[C@H](NC(=O)N1c2ccccc2NC(=O)[C@H]1C(C)C)C(=O)N[C@H](Cc1ccccc1)C(=O)O. The molecule has 1 heterocycles. The molecule has 0 aliphatic carbocycles. The number of carbonyl (C=O) groups excluding carboxylic acids is 3. The van der Waals surface area contributed by atoms with E-state index in [1.54, 1.807) is 48.5 Å². The van der Waals surface area contributed by atoms with Crippen LogP contribution in [0.5, 0.6) is 0 Å². The van der Waals surface area contributed by atoms with Crippen molar-refractivity contribution in [1.82, 2.24) is 10.6 Å². The highest BCUT2D eigenvalue weighted by Gasteiger charge is 2.40. The van der Waals surface area contributed by atoms with Crippen LogP contribution in [0, 0.1) is 11.8 Å². The lowest BCUT2D eigenvalue weighted by atomic mass is 9.97. The van der Waals surface area contributed by atoms with Crippen LogP contribution in [-0.2, 0) is 20.8 Å². The number of fused-ring (bicyclic) bond motifs is 1. The second kappa shape index (κ2) is 11.7. The van der Waals surface area contributed by atoms with Crippen LogP contribution in [0.25, 0.3) is 0 Å². The molecule has 4 amide bonds. The maximum Gasteiger partial charge on any atom is 0.326 e. The van der Waals surface area contributed by atoms with Crippen molar-refractivity contribution in [2.24, 2.45) is 11.8 Å². The molecule has 0 saturated heterocycles. The zero-order valence-electron chi connectivity index (χ0n) is 21.0. The first-order chi connectivity index (χ1) is 17.1. The van der Waals surface area contributed by atoms with E-state index in [0.29, 0.717) is 17.8 Å². The summed E-state index contributed by atoms with van der Waals surface area (Å²) in [6.45, 7) is 7.51. The summed E-state index contributed by atoms with van der Waals surface area (Å²) in [7, 11) is 0. The van der Waals surface area contributed by atoms with Gasteiger partial charge in [0.2, 0.25) is 11.8 Å². The number of nitrogens with zero attached hydrogens (tertiary/aromatic N) is 1. The monoisotopic (exact) mass is 494 g/mol. The summed E-state index contributed by atoms with van der Waals surface area (Å²) >= 11 is 0. The predicted octanol–water partition coefficient (Wildman–Crippen LogP) is 3.41. The van der Waals surface area contributed by atoms with Crippen molar-refractivity contribution < 1.29 is 24.3 Å². The van der Waals surface area contributed by atoms with E-state index in [4.69, 9.17) is 0 Å². The minimum absolute atomic E-state index is 0.0382. The zero-order valence-corrected chi connectivity index (χ0v) is 21.0. The summed E-state index contributed by atoms with van der Waals surface area (Å²) in [6.07, 6.45) is 0.405. The third-order valence-corrected chi connectivity index (χ3v) is 6.04. The quantitative estimate of drug-likeness (QED) is 0.425. The van der Waals surface area contributed by atoms with Gasteiger partial charge in [-0.25, -0.2) is 9.59 Å². The Hall–Kier alpha value is -3.88. The Morgan fingerprint density at radius 3 is 2.19 bits per heavy atom. The maximum absolute atomic E-state index is 13.6. The molecule has 3 rings (SSSR count). The maximum atomic E-state index is 13.6. The summed E-state index contributed by atoms with van der Waals surface area (Å²) in [5.41, 5.74) is 1.81. The van der Waals surface area contributed by atoms with Gasteiger partial charge >= 0.3 is 12.0 Å². The lowest BCUT2D eigenvalue weighted by Gasteiger charge is -2.39. The Morgan fingerprint density at radius 2 is 1.58 bits per heavy atom. The van der Waals surface area contributed by atoms with E-state index in [0.717, 1.165) is 5.56 Å². The van der Waals surface area contributed by atoms with Gasteiger partial charge in [-0.2, -0.15) is 0 Å². The second-order valence-corrected chi connectivity index (χ2v) is 9.79. The number of amides is 4. The molecule has 9 nitrogen and oxygen atoms in total. The lowest BCUT2D eigenvalue weighted by molar-refractivity contribution is -0.142. The van der Waals surface area contributed by atoms with Crippen molar-refractivity contribution in [3.05, 3.63) is 60.2 Å². The van der Waals surface area contributed by atoms with Crippen LogP contribution in [0.1, 0.15) is 39.7 Å². The lowest BCUT2D eigenvalue weighted by Crippen LogP contribution is -2.60. The molecule has 0 unspecified atom stereocenters. The molecule has 0 aromatic heterocycles. The number of nitrogens with one attached hydrogen (secondary N) is 3. The number of carboxylic acids is 1. The average Bonchev–Trinajstić information content (AvgIpc) is 2.82. The summed E-state index contributed by atoms with van der Waals surface area (Å²) in [5.74, 6) is -2.21. The highest BCUT2D eigenvalue weighted by molar-refractivity contribution is 6.12. The summed E-state index contributed by atoms with van der Waals surface area (Å²) in [6, 6.07) is 12.5. The molecule has 36 heavy (non-hydrogen) atoms. The van der Waals surface area contributed by atoms with Crippen LogP contribution < -0.4 is 20.9 Å². The molecule has 2 aromatic rings. The van der Waals surface area contributed by atoms with Crippen molar-refractivity contribution in [2.75, 3.05) is 10.2 Å². The molecule has 3 atom stereocenters. The molecule has 0 spiro atoms. The number of carboxylic acid groups (broad SMARTS) is 1. The summed E-state index contributed by atoms with van der Waals surface area (Å²) in [5, 5.41) is 17.9. The van der Waals surface area contributed by atoms with E-state index in [2.05, 4.69) is 16.0 Å². The highest BCUT2D eigenvalue weighted by atomic mass is 16.4. The number of hydrogen-bond donors (Lipinski definition) is 4. The Morgan fingerprint density at radius 1 is 0.944 bits per heavy atom. The van der Waals surface area contributed by atoms with Crippen molar-refractivity contribution in [1.29, 1.82) is 0 Å². The normalized spacial score (nSPS) is 16.7. The second-order valence-electron chi connectivity index (χ2n) is 9.79. The topological polar surface area (TPSA) is 128 Å². The predicted molar refractivity (Wildman–Crippen MR) is 138 cm³/mol. The molecule has 4 N–H and O–H groups in total. The number of anilines is 2. The minimum atomic E-state index is -1.16. The summed E-state index contributed by atoms with van der Waals surface area (Å²) < 4.78 is 0. The van der Waals surface area contributed by atoms with Gasteiger partial charge in [-0.1, -0.05) is 70.2 Å². The fourth-order valence-electron chi connectivity index (χ4n) is 4.34. The Labute approximate surface area is 211 Å². The molecular weight excluding hydrogens is 460 g/mol. The molecule has 0 radical (unpaired) electrons. The molecular formula is C27H34N4O5. The molecule has 0 saturated carbocycles. The van der Waals surface area contributed by atoms with E-state index >= 15 is 0 Å². The average molecular weight is 495 g/mol. The fraction of sp³-hybridized carbons (Fsp3) is 0.407. The van der Waals surface area contributed by atoms with Gasteiger partial charge in [-0.05, 0) is 36.0 Å². The van der Waals surface area contributed by atoms with Crippen LogP contribution in [0.2, 0.25) is 0 Å². The van der Waals surface area contributed by atoms with E-state index in [1.165, 1.54) is 4.90 Å². The molecule has 0 bridgehead atoms. The standard InChI is InChI=1S/C27H34N4O5/c1-16(2)14-20(24(32)29-21(26(34)35)15-18-10-6-5-7-11-18)30-27(36)31-22-13-9-8-12-19(22)28-25(33)23(31)17(3)4/h5-13,16-17,20-21,23H,14-15H2,1-4H3,(H,28,33)(H,29,32)(H,30,36)(H,34,35)/t20-,21+,23+/m0/s1. The van der Waals surface area contributed by atoms with Gasteiger partial charge in [0.25, 0.3) is 0 Å². The Bertz CT molecular complexity index is 1100. The number of rotatable bonds is 9. The van der Waals surface area contributed by atoms with Crippen LogP contribution in [-0.4, -0.2) is 47.0 Å². The van der Waals surface area contributed by atoms with Crippen LogP contribution in [0.4, 0.5) is 16.2 Å². The third kappa shape index (κ3) is 6.41. The number of para-hydroxylation sites is 2. The number of urea groups is 1. The van der Waals surface area contributed by atoms with E-state index in [1.807, 2.05) is 33.8 Å². The molecule has 1 aliphatic rings. The van der Waals surface area contributed by atoms with Crippen LogP contribution >= 0.6 is 0 Å². The highest BCUT2D eigenvalue weighted by Crippen LogP contribution is 2.34. The third-order valence-electron chi connectivity index (χ3n) is 6.04. The van der Waals surface area contributed by atoms with Crippen LogP contribution in [0.3, 0.4) is 0 Å². The van der Waals surface area contributed by atoms with Gasteiger partial charge in [-0.3, -0.25) is 14.5 Å². The number of benzene rings is 2.